The van der Waals surface area contributed by atoms with Crippen LogP contribution in [0.4, 0.5) is 5.69 Å². The van der Waals surface area contributed by atoms with Crippen molar-refractivity contribution in [1.29, 1.82) is 0 Å². The van der Waals surface area contributed by atoms with E-state index in [-0.39, 0.29) is 5.91 Å². The lowest BCUT2D eigenvalue weighted by Crippen LogP contribution is -2.22. The predicted octanol–water partition coefficient (Wildman–Crippen LogP) is 2.92. The molecule has 7 nitrogen and oxygen atoms in total. The van der Waals surface area contributed by atoms with Crippen LogP contribution in [0.25, 0.3) is 16.8 Å². The molecular formula is C20H21N5O2. The van der Waals surface area contributed by atoms with E-state index in [4.69, 9.17) is 10.2 Å². The molecule has 27 heavy (non-hydrogen) atoms. The molecule has 0 unspecified atom stereocenters. The van der Waals surface area contributed by atoms with Crippen molar-refractivity contribution in [3.63, 3.8) is 0 Å². The van der Waals surface area contributed by atoms with Gasteiger partial charge in [0, 0.05) is 43.4 Å². The summed E-state index contributed by atoms with van der Waals surface area (Å²) in [6.45, 7) is 1.78. The molecule has 0 fully saturated rings. The lowest BCUT2D eigenvalue weighted by Gasteiger charge is -2.13. The number of aromatic nitrogens is 2. The molecule has 0 spiro atoms. The molecule has 3 N–H and O–H groups in total. The summed E-state index contributed by atoms with van der Waals surface area (Å²) >= 11 is 0. The van der Waals surface area contributed by atoms with Crippen molar-refractivity contribution in [1.82, 2.24) is 15.3 Å². The zero-order valence-electron chi connectivity index (χ0n) is 15.4. The van der Waals surface area contributed by atoms with Crippen molar-refractivity contribution in [2.45, 2.75) is 6.92 Å². The van der Waals surface area contributed by atoms with Gasteiger partial charge in [0.15, 0.2) is 11.2 Å². The fourth-order valence-electron chi connectivity index (χ4n) is 2.52. The highest BCUT2D eigenvalue weighted by molar-refractivity contribution is 5.96. The summed E-state index contributed by atoms with van der Waals surface area (Å²) in [5.41, 5.74) is 9.48. The van der Waals surface area contributed by atoms with Crippen molar-refractivity contribution in [2.75, 3.05) is 19.0 Å². The molecule has 0 aliphatic carbocycles. The second kappa shape index (κ2) is 7.74. The number of hydrogen-bond donors (Lipinski definition) is 2. The van der Waals surface area contributed by atoms with Gasteiger partial charge in [-0.3, -0.25) is 4.79 Å². The highest BCUT2D eigenvalue weighted by atomic mass is 16.3. The van der Waals surface area contributed by atoms with E-state index in [1.54, 1.807) is 37.4 Å². The smallest absolute Gasteiger partial charge is 0.255 e. The van der Waals surface area contributed by atoms with E-state index in [2.05, 4.69) is 15.3 Å². The molecule has 2 aromatic heterocycles. The molecule has 2 heterocycles. The van der Waals surface area contributed by atoms with Crippen LogP contribution in [0.5, 0.6) is 0 Å². The van der Waals surface area contributed by atoms with Crippen LogP contribution in [0, 0.1) is 0 Å². The summed E-state index contributed by atoms with van der Waals surface area (Å²) in [6, 6.07) is 10.9. The normalized spacial score (nSPS) is 12.3. The molecule has 0 aliphatic heterocycles. The Morgan fingerprint density at radius 2 is 2.07 bits per heavy atom. The lowest BCUT2D eigenvalue weighted by molar-refractivity contribution is 0.0966. The van der Waals surface area contributed by atoms with E-state index in [0.717, 1.165) is 5.69 Å². The minimum atomic E-state index is -0.206. The average molecular weight is 363 g/mol. The van der Waals surface area contributed by atoms with Crippen LogP contribution in [0.3, 0.4) is 0 Å². The molecule has 0 atom stereocenters. The van der Waals surface area contributed by atoms with Crippen molar-refractivity contribution < 1.29 is 9.21 Å². The second-order valence-corrected chi connectivity index (χ2v) is 6.19. The van der Waals surface area contributed by atoms with Gasteiger partial charge in [-0.15, -0.1) is 0 Å². The number of carbonyl (C=O) groups is 1. The maximum atomic E-state index is 12.5. The molecule has 3 aromatic rings. The summed E-state index contributed by atoms with van der Waals surface area (Å²) in [5.74, 6) is 0.137. The topological polar surface area (TPSA) is 97.3 Å². The number of nitrogens with zero attached hydrogens (tertiary/aromatic N) is 3. The molecule has 0 bridgehead atoms. The van der Waals surface area contributed by atoms with Gasteiger partial charge in [0.1, 0.15) is 0 Å². The van der Waals surface area contributed by atoms with Gasteiger partial charge in [0.2, 0.25) is 5.89 Å². The first-order valence-corrected chi connectivity index (χ1v) is 8.39. The highest BCUT2D eigenvalue weighted by Crippen LogP contribution is 2.20. The van der Waals surface area contributed by atoms with Gasteiger partial charge in [-0.05, 0) is 43.3 Å². The molecule has 3 rings (SSSR count). The summed E-state index contributed by atoms with van der Waals surface area (Å²) in [4.78, 5) is 22.9. The number of nitrogens with one attached hydrogen (secondary N) is 1. The Hall–Kier alpha value is -3.61. The number of rotatable bonds is 5. The molecule has 0 radical (unpaired) electrons. The van der Waals surface area contributed by atoms with Crippen LogP contribution < -0.4 is 16.0 Å². The van der Waals surface area contributed by atoms with E-state index in [1.807, 2.05) is 37.2 Å². The SMILES string of the molecule is C/C(=C\C(=C/N)c1nc2ncccc2o1)NC(=O)c1cccc(N(C)C)c1. The first-order valence-electron chi connectivity index (χ1n) is 8.39. The van der Waals surface area contributed by atoms with E-state index < -0.39 is 0 Å². The van der Waals surface area contributed by atoms with Crippen LogP contribution >= 0.6 is 0 Å². The Morgan fingerprint density at radius 1 is 1.26 bits per heavy atom. The molecule has 1 amide bonds. The number of oxazole rings is 1. The Balaban J connectivity index is 1.79. The quantitative estimate of drug-likeness (QED) is 0.677. The van der Waals surface area contributed by atoms with Crippen LogP contribution in [0.2, 0.25) is 0 Å². The zero-order valence-corrected chi connectivity index (χ0v) is 15.4. The van der Waals surface area contributed by atoms with Crippen LogP contribution in [-0.4, -0.2) is 30.0 Å². The van der Waals surface area contributed by atoms with Crippen molar-refractivity contribution >= 4 is 28.4 Å². The third-order valence-corrected chi connectivity index (χ3v) is 3.90. The predicted molar refractivity (Wildman–Crippen MR) is 106 cm³/mol. The number of hydrogen-bond acceptors (Lipinski definition) is 6. The first-order chi connectivity index (χ1) is 13.0. The summed E-state index contributed by atoms with van der Waals surface area (Å²) in [5, 5.41) is 2.85. The number of amides is 1. The highest BCUT2D eigenvalue weighted by Gasteiger charge is 2.11. The van der Waals surface area contributed by atoms with Crippen LogP contribution in [0.1, 0.15) is 23.2 Å². The number of allylic oxidation sites excluding steroid dienone is 3. The van der Waals surface area contributed by atoms with Gasteiger partial charge in [-0.2, -0.15) is 4.98 Å². The number of anilines is 1. The van der Waals surface area contributed by atoms with E-state index in [0.29, 0.717) is 34.0 Å². The lowest BCUT2D eigenvalue weighted by atomic mass is 10.1. The number of carbonyl (C=O) groups excluding carboxylic acids is 1. The van der Waals surface area contributed by atoms with Crippen molar-refractivity contribution in [2.24, 2.45) is 5.73 Å². The van der Waals surface area contributed by atoms with Gasteiger partial charge >= 0.3 is 0 Å². The number of nitrogens with two attached hydrogens (primary N) is 1. The number of benzene rings is 1. The van der Waals surface area contributed by atoms with Crippen LogP contribution in [0.15, 0.2) is 65.0 Å². The third-order valence-electron chi connectivity index (χ3n) is 3.90. The maximum Gasteiger partial charge on any atom is 0.255 e. The van der Waals surface area contributed by atoms with Crippen molar-refractivity contribution in [3.05, 3.63) is 72.0 Å². The van der Waals surface area contributed by atoms with Gasteiger partial charge in [-0.1, -0.05) is 6.07 Å². The van der Waals surface area contributed by atoms with Gasteiger partial charge in [0.25, 0.3) is 5.91 Å². The standard InChI is InChI=1S/C20H21N5O2/c1-13(23-19(26)14-6-4-7-16(11-14)25(2)3)10-15(12-21)20-24-18-17(27-20)8-5-9-22-18/h4-12H,21H2,1-3H3,(H,23,26)/b13-10+,15-12+. The molecular weight excluding hydrogens is 342 g/mol. The Bertz CT molecular complexity index is 1000. The molecule has 0 saturated heterocycles. The number of fused-ring (bicyclic) bond motifs is 1. The Morgan fingerprint density at radius 3 is 2.78 bits per heavy atom. The second-order valence-electron chi connectivity index (χ2n) is 6.19. The molecule has 0 aliphatic rings. The summed E-state index contributed by atoms with van der Waals surface area (Å²) < 4.78 is 5.67. The largest absolute Gasteiger partial charge is 0.434 e. The minimum absolute atomic E-state index is 0.206. The Labute approximate surface area is 157 Å². The Kier molecular flexibility index (Phi) is 5.21. The number of pyridine rings is 1. The average Bonchev–Trinajstić information content (AvgIpc) is 3.10. The first kappa shape index (κ1) is 18.2. The van der Waals surface area contributed by atoms with Crippen LogP contribution in [-0.2, 0) is 0 Å². The summed E-state index contributed by atoms with van der Waals surface area (Å²) in [6.07, 6.45) is 4.73. The molecule has 138 valence electrons. The van der Waals surface area contributed by atoms with Crippen molar-refractivity contribution in [3.8, 4) is 0 Å². The van der Waals surface area contributed by atoms with E-state index >= 15 is 0 Å². The summed E-state index contributed by atoms with van der Waals surface area (Å²) in [7, 11) is 3.85. The maximum absolute atomic E-state index is 12.5. The molecule has 1 aromatic carbocycles. The van der Waals surface area contributed by atoms with Gasteiger partial charge in [0.05, 0.1) is 5.57 Å². The molecule has 0 saturated carbocycles. The monoisotopic (exact) mass is 363 g/mol. The zero-order chi connectivity index (χ0) is 19.4. The van der Waals surface area contributed by atoms with E-state index in [9.17, 15) is 4.79 Å². The molecule has 7 heteroatoms. The fourth-order valence-corrected chi connectivity index (χ4v) is 2.52. The van der Waals surface area contributed by atoms with E-state index in [1.165, 1.54) is 6.20 Å². The third kappa shape index (κ3) is 4.14. The van der Waals surface area contributed by atoms with Gasteiger partial charge < -0.3 is 20.4 Å². The van der Waals surface area contributed by atoms with Gasteiger partial charge in [-0.25, -0.2) is 4.98 Å². The minimum Gasteiger partial charge on any atom is -0.434 e. The fraction of sp³-hybridized carbons (Fsp3) is 0.150.